The van der Waals surface area contributed by atoms with E-state index in [4.69, 9.17) is 18.9 Å². The number of rotatable bonds is 2. The standard InChI is InChI=1S/C27H22NO4.ClH/c1-16-2-4-17(5-3-16)10-21-19-6-7-23-27(32-15-29-23)22(19)13-28-9-8-18-11-24-25(31-14-30-24)12-20(18)26(21)28;/h2-7,11-13H,8-10,14-15H2,1H3;1H/q+1;/p-1. The van der Waals surface area contributed by atoms with Gasteiger partial charge >= 0.3 is 0 Å². The van der Waals surface area contributed by atoms with E-state index in [2.05, 4.69) is 60.2 Å². The molecule has 3 aromatic carbocycles. The van der Waals surface area contributed by atoms with Gasteiger partial charge in [-0.05, 0) is 42.3 Å². The molecule has 0 bridgehead atoms. The Hall–Kier alpha value is -3.44. The average Bonchev–Trinajstić information content (AvgIpc) is 3.47. The minimum absolute atomic E-state index is 0. The van der Waals surface area contributed by atoms with Crippen LogP contribution in [0.15, 0.2) is 54.7 Å². The third-order valence-corrected chi connectivity index (χ3v) is 6.74. The number of aryl methyl sites for hydroxylation is 3. The molecule has 1 aromatic heterocycles. The molecule has 0 aliphatic carbocycles. The lowest BCUT2D eigenvalue weighted by Gasteiger charge is -2.20. The first-order valence-corrected chi connectivity index (χ1v) is 11.0. The van der Waals surface area contributed by atoms with Crippen LogP contribution in [0.3, 0.4) is 0 Å². The summed E-state index contributed by atoms with van der Waals surface area (Å²) < 4.78 is 25.3. The lowest BCUT2D eigenvalue weighted by molar-refractivity contribution is -0.686. The number of hydrogen-bond acceptors (Lipinski definition) is 4. The number of nitrogens with zero attached hydrogens (tertiary/aromatic N) is 1. The van der Waals surface area contributed by atoms with Crippen LogP contribution >= 0.6 is 0 Å². The van der Waals surface area contributed by atoms with Crippen LogP contribution in [0.4, 0.5) is 0 Å². The summed E-state index contributed by atoms with van der Waals surface area (Å²) in [5.41, 5.74) is 7.63. The SMILES string of the molecule is Cc1ccc(Cc2c3[n+](cc4c5c(ccc24)OCO5)CCc2cc4c(cc2-3)OCO4)cc1.[Cl-]. The van der Waals surface area contributed by atoms with Crippen molar-refractivity contribution < 1.29 is 35.9 Å². The van der Waals surface area contributed by atoms with Gasteiger partial charge in [-0.2, -0.15) is 4.57 Å². The van der Waals surface area contributed by atoms with Gasteiger partial charge in [0.05, 0.1) is 10.9 Å². The normalized spacial score (nSPS) is 14.6. The number of halogens is 1. The van der Waals surface area contributed by atoms with E-state index in [9.17, 15) is 0 Å². The van der Waals surface area contributed by atoms with Crippen LogP contribution in [0.1, 0.15) is 22.3 Å². The first kappa shape index (κ1) is 20.2. The van der Waals surface area contributed by atoms with Crippen LogP contribution in [-0.4, -0.2) is 13.6 Å². The van der Waals surface area contributed by atoms with Crippen molar-refractivity contribution in [2.24, 2.45) is 0 Å². The molecule has 6 heteroatoms. The fourth-order valence-electron chi connectivity index (χ4n) is 5.14. The smallest absolute Gasteiger partial charge is 0.231 e. The first-order valence-electron chi connectivity index (χ1n) is 11.0. The second kappa shape index (κ2) is 7.56. The van der Waals surface area contributed by atoms with Crippen molar-refractivity contribution in [2.45, 2.75) is 26.3 Å². The Morgan fingerprint density at radius 1 is 0.818 bits per heavy atom. The molecule has 0 radical (unpaired) electrons. The van der Waals surface area contributed by atoms with Gasteiger partial charge < -0.3 is 31.4 Å². The predicted octanol–water partition coefficient (Wildman–Crippen LogP) is 1.71. The summed E-state index contributed by atoms with van der Waals surface area (Å²) in [7, 11) is 0. The van der Waals surface area contributed by atoms with Crippen LogP contribution in [0.25, 0.3) is 22.0 Å². The van der Waals surface area contributed by atoms with Crippen molar-refractivity contribution in [2.75, 3.05) is 13.6 Å². The van der Waals surface area contributed by atoms with Crippen LogP contribution in [0.5, 0.6) is 23.0 Å². The van der Waals surface area contributed by atoms with Gasteiger partial charge in [-0.25, -0.2) is 0 Å². The van der Waals surface area contributed by atoms with Crippen molar-refractivity contribution in [3.8, 4) is 34.3 Å². The Balaban J connectivity index is 0.00000206. The number of fused-ring (bicyclic) bond motifs is 7. The van der Waals surface area contributed by atoms with Crippen LogP contribution in [-0.2, 0) is 19.4 Å². The number of ether oxygens (including phenoxy) is 4. The summed E-state index contributed by atoms with van der Waals surface area (Å²) in [5.74, 6) is 3.34. The Bertz CT molecular complexity index is 1410. The quantitative estimate of drug-likeness (QED) is 0.428. The molecule has 3 aliphatic rings. The molecule has 166 valence electrons. The number of benzene rings is 3. The Morgan fingerprint density at radius 3 is 2.42 bits per heavy atom. The third-order valence-electron chi connectivity index (χ3n) is 6.74. The van der Waals surface area contributed by atoms with Gasteiger partial charge in [0.15, 0.2) is 35.7 Å². The lowest BCUT2D eigenvalue weighted by atomic mass is 9.88. The number of pyridine rings is 1. The summed E-state index contributed by atoms with van der Waals surface area (Å²) in [5, 5.41) is 2.31. The largest absolute Gasteiger partial charge is 1.00 e. The Labute approximate surface area is 197 Å². The van der Waals surface area contributed by atoms with Gasteiger partial charge in [-0.1, -0.05) is 29.8 Å². The molecule has 0 amide bonds. The maximum absolute atomic E-state index is 5.88. The van der Waals surface area contributed by atoms with E-state index in [1.165, 1.54) is 38.9 Å². The van der Waals surface area contributed by atoms with Gasteiger partial charge in [0.2, 0.25) is 19.3 Å². The molecule has 4 aromatic rings. The molecule has 0 saturated heterocycles. The van der Waals surface area contributed by atoms with Crippen molar-refractivity contribution in [1.29, 1.82) is 0 Å². The zero-order chi connectivity index (χ0) is 21.2. The summed E-state index contributed by atoms with van der Waals surface area (Å²) in [4.78, 5) is 0. The second-order valence-electron chi connectivity index (χ2n) is 8.69. The van der Waals surface area contributed by atoms with E-state index < -0.39 is 0 Å². The molecule has 4 heterocycles. The highest BCUT2D eigenvalue weighted by molar-refractivity contribution is 5.95. The number of aromatic nitrogens is 1. The molecule has 0 unspecified atom stereocenters. The summed E-state index contributed by atoms with van der Waals surface area (Å²) >= 11 is 0. The van der Waals surface area contributed by atoms with Crippen LogP contribution < -0.4 is 35.9 Å². The number of hydrogen-bond donors (Lipinski definition) is 0. The van der Waals surface area contributed by atoms with Crippen molar-refractivity contribution >= 4 is 10.8 Å². The van der Waals surface area contributed by atoms with Gasteiger partial charge in [-0.15, -0.1) is 0 Å². The summed E-state index contributed by atoms with van der Waals surface area (Å²) in [6.07, 6.45) is 4.01. The van der Waals surface area contributed by atoms with Gasteiger partial charge in [0.25, 0.3) is 0 Å². The molecular weight excluding hydrogens is 438 g/mol. The minimum Gasteiger partial charge on any atom is -1.00 e. The highest BCUT2D eigenvalue weighted by atomic mass is 35.5. The predicted molar refractivity (Wildman–Crippen MR) is 120 cm³/mol. The second-order valence-corrected chi connectivity index (χ2v) is 8.69. The van der Waals surface area contributed by atoms with Crippen molar-refractivity contribution in [1.82, 2.24) is 0 Å². The van der Waals surface area contributed by atoms with Gasteiger partial charge in [-0.3, -0.25) is 0 Å². The molecule has 0 fully saturated rings. The highest BCUT2D eigenvalue weighted by Crippen LogP contribution is 2.45. The monoisotopic (exact) mass is 459 g/mol. The van der Waals surface area contributed by atoms with Crippen LogP contribution in [0, 0.1) is 6.92 Å². The molecule has 33 heavy (non-hydrogen) atoms. The zero-order valence-electron chi connectivity index (χ0n) is 18.2. The fourth-order valence-corrected chi connectivity index (χ4v) is 5.14. The van der Waals surface area contributed by atoms with Gasteiger partial charge in [0.1, 0.15) is 0 Å². The van der Waals surface area contributed by atoms with Crippen molar-refractivity contribution in [3.05, 3.63) is 77.0 Å². The molecule has 5 nitrogen and oxygen atoms in total. The summed E-state index contributed by atoms with van der Waals surface area (Å²) in [6, 6.07) is 17.3. The molecule has 0 N–H and O–H groups in total. The Morgan fingerprint density at radius 2 is 1.58 bits per heavy atom. The van der Waals surface area contributed by atoms with Crippen molar-refractivity contribution in [3.63, 3.8) is 0 Å². The van der Waals surface area contributed by atoms with Crippen LogP contribution in [0.2, 0.25) is 0 Å². The van der Waals surface area contributed by atoms with E-state index in [0.717, 1.165) is 47.8 Å². The van der Waals surface area contributed by atoms with E-state index in [0.29, 0.717) is 0 Å². The van der Waals surface area contributed by atoms with E-state index in [-0.39, 0.29) is 26.0 Å². The molecular formula is C27H22ClNO4. The first-order chi connectivity index (χ1) is 15.7. The zero-order valence-corrected chi connectivity index (χ0v) is 18.9. The average molecular weight is 460 g/mol. The lowest BCUT2D eigenvalue weighted by Crippen LogP contribution is -3.00. The maximum Gasteiger partial charge on any atom is 0.231 e. The Kier molecular flexibility index (Phi) is 4.63. The molecule has 7 rings (SSSR count). The molecule has 3 aliphatic heterocycles. The maximum atomic E-state index is 5.88. The summed E-state index contributed by atoms with van der Waals surface area (Å²) in [6.45, 7) is 3.59. The van der Waals surface area contributed by atoms with Gasteiger partial charge in [0, 0.05) is 23.8 Å². The van der Waals surface area contributed by atoms with E-state index in [1.807, 2.05) is 6.07 Å². The topological polar surface area (TPSA) is 40.8 Å². The minimum atomic E-state index is 0. The highest BCUT2D eigenvalue weighted by Gasteiger charge is 2.33. The molecule has 0 spiro atoms. The third kappa shape index (κ3) is 3.10. The molecule has 0 saturated carbocycles. The fraction of sp³-hybridized carbons (Fsp3) is 0.222. The molecule has 0 atom stereocenters. The van der Waals surface area contributed by atoms with E-state index >= 15 is 0 Å². The van der Waals surface area contributed by atoms with E-state index in [1.54, 1.807) is 0 Å².